The van der Waals surface area contributed by atoms with Crippen LogP contribution >= 0.6 is 11.8 Å². The Morgan fingerprint density at radius 2 is 1.91 bits per heavy atom. The van der Waals surface area contributed by atoms with Gasteiger partial charge in [-0.15, -0.1) is 0 Å². The van der Waals surface area contributed by atoms with Gasteiger partial charge in [0.05, 0.1) is 37.0 Å². The van der Waals surface area contributed by atoms with E-state index < -0.39 is 11.9 Å². The van der Waals surface area contributed by atoms with Crippen LogP contribution in [0, 0.1) is 36.5 Å². The molecule has 0 spiro atoms. The van der Waals surface area contributed by atoms with Crippen molar-refractivity contribution in [2.75, 3.05) is 20.0 Å². The van der Waals surface area contributed by atoms with Crippen LogP contribution < -0.4 is 10.5 Å². The van der Waals surface area contributed by atoms with Crippen LogP contribution in [0.5, 0.6) is 5.75 Å². The van der Waals surface area contributed by atoms with Gasteiger partial charge in [-0.05, 0) is 43.2 Å². The Bertz CT molecular complexity index is 1240. The van der Waals surface area contributed by atoms with Crippen LogP contribution in [0.2, 0.25) is 0 Å². The van der Waals surface area contributed by atoms with Crippen molar-refractivity contribution < 1.29 is 19.0 Å². The average molecular weight is 463 g/mol. The summed E-state index contributed by atoms with van der Waals surface area (Å²) in [6.07, 6.45) is 0. The molecule has 0 aliphatic carbocycles. The first kappa shape index (κ1) is 23.7. The van der Waals surface area contributed by atoms with Gasteiger partial charge in [0.2, 0.25) is 5.88 Å². The lowest BCUT2D eigenvalue weighted by atomic mass is 9.83. The fourth-order valence-corrected chi connectivity index (χ4v) is 4.61. The zero-order valence-corrected chi connectivity index (χ0v) is 19.4. The quantitative estimate of drug-likeness (QED) is 0.505. The van der Waals surface area contributed by atoms with E-state index in [0.717, 1.165) is 11.3 Å². The molecule has 0 fully saturated rings. The van der Waals surface area contributed by atoms with Gasteiger partial charge in [0.25, 0.3) is 0 Å². The molecule has 0 saturated heterocycles. The van der Waals surface area contributed by atoms with E-state index >= 15 is 0 Å². The number of carbonyl (C=O) groups is 1. The number of rotatable bonds is 6. The molecule has 1 aliphatic heterocycles. The summed E-state index contributed by atoms with van der Waals surface area (Å²) in [5.41, 5.74) is 9.05. The SMILES string of the molecule is COC(=O)C1=C(CSc2nc(C)cc(C)c2C#N)OC(N)=C(C#N)C1c1ccc(OC)cc1. The minimum absolute atomic E-state index is 0.0875. The first-order chi connectivity index (χ1) is 15.8. The Morgan fingerprint density at radius 1 is 1.21 bits per heavy atom. The van der Waals surface area contributed by atoms with Crippen LogP contribution in [-0.4, -0.2) is 30.9 Å². The standard InChI is InChI=1S/C24H22N4O4S/c1-13-9-14(2)28-23(17(13)10-25)33-12-19-21(24(29)31-4)20(18(11-26)22(27)32-19)15-5-7-16(30-3)8-6-15/h5-9,20H,12,27H2,1-4H3. The molecule has 1 unspecified atom stereocenters. The summed E-state index contributed by atoms with van der Waals surface area (Å²) in [5.74, 6) is -0.475. The van der Waals surface area contributed by atoms with E-state index in [1.807, 2.05) is 19.9 Å². The summed E-state index contributed by atoms with van der Waals surface area (Å²) >= 11 is 1.25. The number of carbonyl (C=O) groups excluding carboxylic acids is 1. The zero-order chi connectivity index (χ0) is 24.1. The van der Waals surface area contributed by atoms with Crippen LogP contribution in [0.3, 0.4) is 0 Å². The minimum Gasteiger partial charge on any atom is -0.497 e. The molecule has 2 N–H and O–H groups in total. The van der Waals surface area contributed by atoms with E-state index in [-0.39, 0.29) is 28.5 Å². The highest BCUT2D eigenvalue weighted by molar-refractivity contribution is 7.99. The number of hydrogen-bond donors (Lipinski definition) is 1. The number of nitrogens with zero attached hydrogens (tertiary/aromatic N) is 3. The summed E-state index contributed by atoms with van der Waals surface area (Å²) in [6.45, 7) is 3.68. The van der Waals surface area contributed by atoms with Crippen LogP contribution in [0.25, 0.3) is 0 Å². The third-order valence-electron chi connectivity index (χ3n) is 5.11. The molecule has 9 heteroatoms. The van der Waals surface area contributed by atoms with Crippen molar-refractivity contribution in [2.45, 2.75) is 24.8 Å². The summed E-state index contributed by atoms with van der Waals surface area (Å²) in [7, 11) is 2.81. The third-order valence-corrected chi connectivity index (χ3v) is 6.09. The highest BCUT2D eigenvalue weighted by atomic mass is 32.2. The normalized spacial score (nSPS) is 15.4. The lowest BCUT2D eigenvalue weighted by Gasteiger charge is -2.28. The molecule has 2 aromatic rings. The Balaban J connectivity index is 2.09. The lowest BCUT2D eigenvalue weighted by Crippen LogP contribution is -2.26. The number of hydrogen-bond acceptors (Lipinski definition) is 9. The predicted molar refractivity (Wildman–Crippen MR) is 122 cm³/mol. The maximum atomic E-state index is 12.9. The number of thioether (sulfide) groups is 1. The van der Waals surface area contributed by atoms with Gasteiger partial charge in [0, 0.05) is 5.69 Å². The highest BCUT2D eigenvalue weighted by Gasteiger charge is 2.37. The fraction of sp³-hybridized carbons (Fsp3) is 0.250. The average Bonchev–Trinajstić information content (AvgIpc) is 2.81. The van der Waals surface area contributed by atoms with E-state index in [0.29, 0.717) is 21.9 Å². The third kappa shape index (κ3) is 4.79. The molecule has 33 heavy (non-hydrogen) atoms. The number of aryl methyl sites for hydroxylation is 2. The molecule has 8 nitrogen and oxygen atoms in total. The fourth-order valence-electron chi connectivity index (χ4n) is 3.57. The molecule has 0 saturated carbocycles. The van der Waals surface area contributed by atoms with E-state index in [1.165, 1.54) is 18.9 Å². The Labute approximate surface area is 196 Å². The Hall–Kier alpha value is -3.95. The van der Waals surface area contributed by atoms with Gasteiger partial charge in [0.15, 0.2) is 0 Å². The monoisotopic (exact) mass is 462 g/mol. The molecule has 1 aromatic carbocycles. The number of benzene rings is 1. The highest BCUT2D eigenvalue weighted by Crippen LogP contribution is 2.41. The first-order valence-electron chi connectivity index (χ1n) is 9.88. The van der Waals surface area contributed by atoms with E-state index in [4.69, 9.17) is 19.9 Å². The number of ether oxygens (including phenoxy) is 3. The van der Waals surface area contributed by atoms with Gasteiger partial charge in [-0.1, -0.05) is 23.9 Å². The molecule has 2 heterocycles. The van der Waals surface area contributed by atoms with E-state index in [2.05, 4.69) is 17.1 Å². The van der Waals surface area contributed by atoms with Crippen molar-refractivity contribution in [1.82, 2.24) is 4.98 Å². The summed E-state index contributed by atoms with van der Waals surface area (Å²) in [5, 5.41) is 19.8. The summed E-state index contributed by atoms with van der Waals surface area (Å²) in [6, 6.07) is 13.0. The van der Waals surface area contributed by atoms with E-state index in [9.17, 15) is 15.3 Å². The van der Waals surface area contributed by atoms with Crippen molar-refractivity contribution >= 4 is 17.7 Å². The molecule has 3 rings (SSSR count). The Morgan fingerprint density at radius 3 is 2.48 bits per heavy atom. The second kappa shape index (κ2) is 10.1. The molecule has 1 aromatic heterocycles. The van der Waals surface area contributed by atoms with Gasteiger partial charge in [-0.3, -0.25) is 0 Å². The number of pyridine rings is 1. The number of methoxy groups -OCH3 is 2. The van der Waals surface area contributed by atoms with Gasteiger partial charge >= 0.3 is 5.97 Å². The van der Waals surface area contributed by atoms with Crippen LogP contribution in [0.4, 0.5) is 0 Å². The van der Waals surface area contributed by atoms with Gasteiger partial charge in [-0.25, -0.2) is 9.78 Å². The van der Waals surface area contributed by atoms with Crippen LogP contribution in [0.15, 0.2) is 58.1 Å². The number of esters is 1. The van der Waals surface area contributed by atoms with Gasteiger partial charge < -0.3 is 19.9 Å². The predicted octanol–water partition coefficient (Wildman–Crippen LogP) is 3.61. The van der Waals surface area contributed by atoms with Gasteiger partial charge in [-0.2, -0.15) is 10.5 Å². The summed E-state index contributed by atoms with van der Waals surface area (Å²) < 4.78 is 16.0. The van der Waals surface area contributed by atoms with E-state index in [1.54, 1.807) is 31.4 Å². The van der Waals surface area contributed by atoms with Crippen molar-refractivity contribution in [3.05, 3.63) is 75.5 Å². The van der Waals surface area contributed by atoms with Crippen molar-refractivity contribution in [3.63, 3.8) is 0 Å². The molecule has 0 bridgehead atoms. The van der Waals surface area contributed by atoms with Crippen LogP contribution in [0.1, 0.15) is 28.3 Å². The van der Waals surface area contributed by atoms with Crippen molar-refractivity contribution in [2.24, 2.45) is 5.73 Å². The second-order valence-electron chi connectivity index (χ2n) is 7.19. The van der Waals surface area contributed by atoms with Crippen molar-refractivity contribution in [1.29, 1.82) is 10.5 Å². The maximum Gasteiger partial charge on any atom is 0.338 e. The first-order valence-corrected chi connectivity index (χ1v) is 10.9. The smallest absolute Gasteiger partial charge is 0.338 e. The number of aromatic nitrogens is 1. The summed E-state index contributed by atoms with van der Waals surface area (Å²) in [4.78, 5) is 17.3. The second-order valence-corrected chi connectivity index (χ2v) is 8.15. The topological polar surface area (TPSA) is 131 Å². The minimum atomic E-state index is -0.777. The Kier molecular flexibility index (Phi) is 7.27. The molecule has 168 valence electrons. The maximum absolute atomic E-state index is 12.9. The number of allylic oxidation sites excluding steroid dienone is 1. The molecule has 0 radical (unpaired) electrons. The van der Waals surface area contributed by atoms with Crippen molar-refractivity contribution in [3.8, 4) is 17.9 Å². The number of nitriles is 2. The number of nitrogens with two attached hydrogens (primary N) is 1. The largest absolute Gasteiger partial charge is 0.497 e. The molecule has 0 amide bonds. The van der Waals surface area contributed by atoms with Crippen LogP contribution in [-0.2, 0) is 14.3 Å². The zero-order valence-electron chi connectivity index (χ0n) is 18.6. The molecular weight excluding hydrogens is 440 g/mol. The lowest BCUT2D eigenvalue weighted by molar-refractivity contribution is -0.136. The van der Waals surface area contributed by atoms with Gasteiger partial charge in [0.1, 0.15) is 34.2 Å². The molecule has 1 atom stereocenters. The molecule has 1 aliphatic rings. The molecular formula is C24H22N4O4S.